The minimum Gasteiger partial charge on any atom is -0.100 e. The van der Waals surface area contributed by atoms with Crippen LogP contribution in [0.15, 0.2) is 30.4 Å². The lowest BCUT2D eigenvalue weighted by Crippen LogP contribution is -1.93. The van der Waals surface area contributed by atoms with Gasteiger partial charge in [-0.3, -0.25) is 0 Å². The van der Waals surface area contributed by atoms with Gasteiger partial charge in [-0.25, -0.2) is 0 Å². The van der Waals surface area contributed by atoms with E-state index < -0.39 is 0 Å². The highest BCUT2D eigenvalue weighted by atomic mass is 14.1. The van der Waals surface area contributed by atoms with Gasteiger partial charge in [0.25, 0.3) is 0 Å². The number of hydrogen-bond donors (Lipinski definition) is 0. The lowest BCUT2D eigenvalue weighted by molar-refractivity contribution is 0.813. The molecule has 0 atom stereocenters. The molecule has 2 rings (SSSR count). The largest absolute Gasteiger partial charge is 0.100 e. The van der Waals surface area contributed by atoms with Crippen molar-refractivity contribution in [2.24, 2.45) is 0 Å². The highest BCUT2D eigenvalue weighted by molar-refractivity contribution is 5.85. The molecule has 0 saturated heterocycles. The van der Waals surface area contributed by atoms with Gasteiger partial charge >= 0.3 is 0 Å². The summed E-state index contributed by atoms with van der Waals surface area (Å²) < 4.78 is 0. The van der Waals surface area contributed by atoms with E-state index >= 15 is 0 Å². The van der Waals surface area contributed by atoms with E-state index in [9.17, 15) is 0 Å². The summed E-state index contributed by atoms with van der Waals surface area (Å²) in [4.78, 5) is 0. The van der Waals surface area contributed by atoms with Crippen molar-refractivity contribution in [1.29, 1.82) is 0 Å². The molecule has 0 heteroatoms. The summed E-state index contributed by atoms with van der Waals surface area (Å²) >= 11 is 0. The summed E-state index contributed by atoms with van der Waals surface area (Å²) in [6.45, 7) is 6.02. The first-order valence-electron chi connectivity index (χ1n) is 5.21. The van der Waals surface area contributed by atoms with E-state index in [1.54, 1.807) is 0 Å². The van der Waals surface area contributed by atoms with Gasteiger partial charge in [-0.2, -0.15) is 0 Å². The van der Waals surface area contributed by atoms with Gasteiger partial charge in [-0.1, -0.05) is 35.9 Å². The predicted molar refractivity (Wildman–Crippen MR) is 63.1 cm³/mol. The molecule has 0 bridgehead atoms. The normalized spacial score (nSPS) is 12.1. The zero-order chi connectivity index (χ0) is 9.97. The summed E-state index contributed by atoms with van der Waals surface area (Å²) in [7, 11) is 0. The van der Waals surface area contributed by atoms with Crippen LogP contribution in [0.4, 0.5) is 0 Å². The van der Waals surface area contributed by atoms with Crippen molar-refractivity contribution in [3.05, 3.63) is 47.0 Å². The predicted octanol–water partition coefficient (Wildman–Crippen LogP) is 4.07. The van der Waals surface area contributed by atoms with E-state index in [1.165, 1.54) is 35.1 Å². The fraction of sp³-hybridized carbons (Fsp3) is 0.286. The first-order chi connectivity index (χ1) is 6.75. The van der Waals surface area contributed by atoms with E-state index in [-0.39, 0.29) is 0 Å². The van der Waals surface area contributed by atoms with Gasteiger partial charge < -0.3 is 0 Å². The van der Waals surface area contributed by atoms with Gasteiger partial charge in [0.15, 0.2) is 0 Å². The molecule has 0 unspecified atom stereocenters. The monoisotopic (exact) mass is 184 g/mol. The summed E-state index contributed by atoms with van der Waals surface area (Å²) in [5.41, 5.74) is 5.52. The SMILES string of the molecule is C=C(C)CCCc1ccc2c(c1)C=C2. The van der Waals surface area contributed by atoms with Crippen molar-refractivity contribution in [2.45, 2.75) is 26.2 Å². The molecule has 0 aliphatic heterocycles. The fourth-order valence-electron chi connectivity index (χ4n) is 1.75. The molecule has 0 nitrogen and oxygen atoms in total. The standard InChI is InChI=1S/C14H16/c1-11(2)4-3-5-12-6-7-13-8-9-14(13)10-12/h6-10H,1,3-5H2,2H3. The Morgan fingerprint density at radius 3 is 2.57 bits per heavy atom. The van der Waals surface area contributed by atoms with Crippen LogP contribution in [0.3, 0.4) is 0 Å². The van der Waals surface area contributed by atoms with Crippen molar-refractivity contribution in [3.8, 4) is 0 Å². The Labute approximate surface area is 86.0 Å². The minimum atomic E-state index is 1.15. The van der Waals surface area contributed by atoms with Crippen LogP contribution in [-0.2, 0) is 6.42 Å². The average Bonchev–Trinajstić information content (AvgIpc) is 2.09. The maximum Gasteiger partial charge on any atom is -0.0181 e. The quantitative estimate of drug-likeness (QED) is 0.628. The highest BCUT2D eigenvalue weighted by Gasteiger charge is 2.05. The van der Waals surface area contributed by atoms with Crippen LogP contribution in [0.25, 0.3) is 12.2 Å². The average molecular weight is 184 g/mol. The van der Waals surface area contributed by atoms with Crippen molar-refractivity contribution >= 4 is 12.2 Å². The van der Waals surface area contributed by atoms with Crippen molar-refractivity contribution in [2.75, 3.05) is 0 Å². The molecule has 1 aliphatic carbocycles. The summed E-state index contributed by atoms with van der Waals surface area (Å²) in [5, 5.41) is 0. The van der Waals surface area contributed by atoms with Gasteiger partial charge in [0, 0.05) is 0 Å². The van der Waals surface area contributed by atoms with Crippen LogP contribution in [0.2, 0.25) is 0 Å². The number of aryl methyl sites for hydroxylation is 1. The molecule has 0 heterocycles. The van der Waals surface area contributed by atoms with Crippen molar-refractivity contribution in [3.63, 3.8) is 0 Å². The van der Waals surface area contributed by atoms with Gasteiger partial charge in [0.05, 0.1) is 0 Å². The van der Waals surface area contributed by atoms with E-state index in [0.29, 0.717) is 0 Å². The van der Waals surface area contributed by atoms with Gasteiger partial charge in [-0.05, 0) is 42.9 Å². The molecule has 0 radical (unpaired) electrons. The number of fused-ring (bicyclic) bond motifs is 1. The maximum absolute atomic E-state index is 3.92. The van der Waals surface area contributed by atoms with Gasteiger partial charge in [0.1, 0.15) is 0 Å². The second-order valence-corrected chi connectivity index (χ2v) is 4.11. The van der Waals surface area contributed by atoms with Crippen molar-refractivity contribution < 1.29 is 0 Å². The molecule has 0 N–H and O–H groups in total. The number of rotatable bonds is 4. The lowest BCUT2D eigenvalue weighted by atomic mass is 9.94. The first kappa shape index (κ1) is 9.26. The third-order valence-corrected chi connectivity index (χ3v) is 2.66. The van der Waals surface area contributed by atoms with E-state index in [1.807, 2.05) is 0 Å². The van der Waals surface area contributed by atoms with Crippen LogP contribution >= 0.6 is 0 Å². The zero-order valence-electron chi connectivity index (χ0n) is 8.72. The fourth-order valence-corrected chi connectivity index (χ4v) is 1.75. The zero-order valence-corrected chi connectivity index (χ0v) is 8.72. The molecule has 0 saturated carbocycles. The summed E-state index contributed by atoms with van der Waals surface area (Å²) in [5.74, 6) is 0. The molecule has 1 aliphatic rings. The Morgan fingerprint density at radius 2 is 2.00 bits per heavy atom. The Morgan fingerprint density at radius 1 is 1.21 bits per heavy atom. The second kappa shape index (κ2) is 3.83. The molecule has 0 fully saturated rings. The molecule has 0 spiro atoms. The molecule has 0 amide bonds. The first-order valence-corrected chi connectivity index (χ1v) is 5.21. The number of hydrogen-bond acceptors (Lipinski definition) is 0. The van der Waals surface area contributed by atoms with Gasteiger partial charge in [0.2, 0.25) is 0 Å². The third-order valence-electron chi connectivity index (χ3n) is 2.66. The van der Waals surface area contributed by atoms with Crippen LogP contribution < -0.4 is 0 Å². The Balaban J connectivity index is 1.92. The molecule has 72 valence electrons. The van der Waals surface area contributed by atoms with E-state index in [0.717, 1.165) is 6.42 Å². The molecule has 1 aromatic carbocycles. The molecule has 1 aromatic rings. The van der Waals surface area contributed by atoms with Crippen LogP contribution in [-0.4, -0.2) is 0 Å². The second-order valence-electron chi connectivity index (χ2n) is 4.11. The Kier molecular flexibility index (Phi) is 2.53. The van der Waals surface area contributed by atoms with Gasteiger partial charge in [-0.15, -0.1) is 6.58 Å². The minimum absolute atomic E-state index is 1.15. The molecule has 0 aromatic heterocycles. The molecular weight excluding hydrogens is 168 g/mol. The Hall–Kier alpha value is -1.30. The summed E-state index contributed by atoms with van der Waals surface area (Å²) in [6.07, 6.45) is 7.88. The number of benzene rings is 1. The molecular formula is C14H16. The van der Waals surface area contributed by atoms with Crippen LogP contribution in [0.5, 0.6) is 0 Å². The van der Waals surface area contributed by atoms with Crippen LogP contribution in [0, 0.1) is 0 Å². The Bertz CT molecular complexity index is 383. The van der Waals surface area contributed by atoms with Crippen molar-refractivity contribution in [1.82, 2.24) is 0 Å². The smallest absolute Gasteiger partial charge is 0.0181 e. The molecule has 14 heavy (non-hydrogen) atoms. The number of allylic oxidation sites excluding steroid dienone is 1. The third kappa shape index (κ3) is 1.95. The summed E-state index contributed by atoms with van der Waals surface area (Å²) in [6, 6.07) is 6.75. The lowest BCUT2D eigenvalue weighted by Gasteiger charge is -2.11. The maximum atomic E-state index is 3.92. The van der Waals surface area contributed by atoms with E-state index in [4.69, 9.17) is 0 Å². The highest BCUT2D eigenvalue weighted by Crippen LogP contribution is 2.24. The topological polar surface area (TPSA) is 0 Å². The van der Waals surface area contributed by atoms with Crippen LogP contribution in [0.1, 0.15) is 36.5 Å². The van der Waals surface area contributed by atoms with E-state index in [2.05, 4.69) is 43.9 Å².